The molecule has 0 atom stereocenters. The molecule has 0 heterocycles. The van der Waals surface area contributed by atoms with Gasteiger partial charge in [0.05, 0.1) is 17.9 Å². The molecular weight excluding hydrogens is 502 g/mol. The van der Waals surface area contributed by atoms with Gasteiger partial charge in [-0.15, -0.1) is 0 Å². The predicted molar refractivity (Wildman–Crippen MR) is 135 cm³/mol. The van der Waals surface area contributed by atoms with Crippen LogP contribution in [0.5, 0.6) is 11.5 Å². The normalized spacial score (nSPS) is 11.8. The van der Waals surface area contributed by atoms with Crippen molar-refractivity contribution in [2.75, 3.05) is 19.8 Å². The highest BCUT2D eigenvalue weighted by Crippen LogP contribution is 2.30. The van der Waals surface area contributed by atoms with E-state index >= 15 is 0 Å². The van der Waals surface area contributed by atoms with Gasteiger partial charge in [-0.25, -0.2) is 0 Å². The average Bonchev–Trinajstić information content (AvgIpc) is 2.80. The monoisotopic (exact) mass is 531 g/mol. The number of unbranched alkanes of at least 4 members (excludes halogenated alkanes) is 2. The van der Waals surface area contributed by atoms with E-state index < -0.39 is 11.7 Å². The lowest BCUT2D eigenvalue weighted by Gasteiger charge is -2.15. The summed E-state index contributed by atoms with van der Waals surface area (Å²) >= 11 is 11.2. The summed E-state index contributed by atoms with van der Waals surface area (Å²) in [6.45, 7) is 7.03. The van der Waals surface area contributed by atoms with Crippen LogP contribution in [0.3, 0.4) is 0 Å². The Morgan fingerprint density at radius 1 is 1.00 bits per heavy atom. The van der Waals surface area contributed by atoms with Crippen molar-refractivity contribution in [3.63, 3.8) is 0 Å². The van der Waals surface area contributed by atoms with Crippen molar-refractivity contribution in [3.8, 4) is 11.5 Å². The molecule has 0 saturated carbocycles. The molecule has 0 aromatic heterocycles. The third-order valence-corrected chi connectivity index (χ3v) is 5.46. The van der Waals surface area contributed by atoms with Gasteiger partial charge in [0.15, 0.2) is 0 Å². The molecule has 0 fully saturated rings. The number of hydrogen-bond acceptors (Lipinski definition) is 4. The fourth-order valence-electron chi connectivity index (χ4n) is 3.28. The molecule has 35 heavy (non-hydrogen) atoms. The molecule has 2 aromatic rings. The van der Waals surface area contributed by atoms with Crippen LogP contribution < -0.4 is 9.47 Å². The van der Waals surface area contributed by atoms with Crippen LogP contribution in [0, 0.1) is 6.92 Å². The van der Waals surface area contributed by atoms with Crippen LogP contribution in [0.15, 0.2) is 52.1 Å². The lowest BCUT2D eigenvalue weighted by atomic mass is 10.1. The summed E-state index contributed by atoms with van der Waals surface area (Å²) in [5, 5.41) is 4.00. The summed E-state index contributed by atoms with van der Waals surface area (Å²) < 4.78 is 49.8. The van der Waals surface area contributed by atoms with E-state index in [9.17, 15) is 13.2 Å². The van der Waals surface area contributed by atoms with Crippen molar-refractivity contribution in [3.05, 3.63) is 69.2 Å². The molecule has 0 aliphatic carbocycles. The Morgan fingerprint density at radius 3 is 2.31 bits per heavy atom. The van der Waals surface area contributed by atoms with Crippen molar-refractivity contribution in [1.82, 2.24) is 0 Å². The fraction of sp³-hybridized carbons (Fsp3) is 0.423. The zero-order valence-corrected chi connectivity index (χ0v) is 21.6. The summed E-state index contributed by atoms with van der Waals surface area (Å²) in [5.41, 5.74) is 2.49. The summed E-state index contributed by atoms with van der Waals surface area (Å²) in [4.78, 5) is 5.32. The molecule has 0 saturated heterocycles. The maximum Gasteiger partial charge on any atom is 0.416 e. The number of nitrogens with zero attached hydrogens (tertiary/aromatic N) is 1. The predicted octanol–water partition coefficient (Wildman–Crippen LogP) is 8.26. The van der Waals surface area contributed by atoms with Crippen LogP contribution in [-0.4, -0.2) is 25.5 Å². The second kappa shape index (κ2) is 14.2. The fourth-order valence-corrected chi connectivity index (χ4v) is 3.41. The summed E-state index contributed by atoms with van der Waals surface area (Å²) in [6, 6.07) is 8.74. The molecular formula is C26H30Cl2F3NO3. The maximum absolute atomic E-state index is 12.7. The van der Waals surface area contributed by atoms with E-state index in [2.05, 4.69) is 12.1 Å². The summed E-state index contributed by atoms with van der Waals surface area (Å²) in [5.74, 6) is 1.61. The largest absolute Gasteiger partial charge is 0.493 e. The Kier molecular flexibility index (Phi) is 11.7. The van der Waals surface area contributed by atoms with E-state index in [-0.39, 0.29) is 4.49 Å². The standard InChI is InChI=1S/C26H30Cl2F3NO3/c1-4-20-17-23(33-15-12-24(27)28)16-18(2)25(20)34-13-6-5-7-14-35-32-19(3)21-8-10-22(11-9-21)26(29,30)31/h8-12,16-17H,4-7,13-15H2,1-3H3. The van der Waals surface area contributed by atoms with Gasteiger partial charge >= 0.3 is 6.18 Å². The van der Waals surface area contributed by atoms with E-state index in [1.807, 2.05) is 19.1 Å². The lowest BCUT2D eigenvalue weighted by molar-refractivity contribution is -0.137. The van der Waals surface area contributed by atoms with Crippen molar-refractivity contribution in [2.24, 2.45) is 5.16 Å². The van der Waals surface area contributed by atoms with Crippen LogP contribution >= 0.6 is 23.2 Å². The molecule has 0 aliphatic rings. The molecule has 0 aliphatic heterocycles. The first-order chi connectivity index (χ1) is 16.6. The topological polar surface area (TPSA) is 40.0 Å². The number of rotatable bonds is 13. The minimum atomic E-state index is -4.35. The minimum absolute atomic E-state index is 0.170. The minimum Gasteiger partial charge on any atom is -0.493 e. The van der Waals surface area contributed by atoms with Crippen LogP contribution in [0.1, 0.15) is 55.4 Å². The third-order valence-electron chi connectivity index (χ3n) is 5.15. The van der Waals surface area contributed by atoms with Gasteiger partial charge in [-0.2, -0.15) is 13.2 Å². The number of oxime groups is 1. The summed E-state index contributed by atoms with van der Waals surface area (Å²) in [6.07, 6.45) is 0.571. The van der Waals surface area contributed by atoms with Crippen molar-refractivity contribution in [2.45, 2.75) is 52.6 Å². The number of halogens is 5. The molecule has 0 bridgehead atoms. The molecule has 4 nitrogen and oxygen atoms in total. The van der Waals surface area contributed by atoms with Gasteiger partial charge in [0.1, 0.15) is 29.2 Å². The number of aryl methyl sites for hydroxylation is 2. The van der Waals surface area contributed by atoms with Gasteiger partial charge in [-0.1, -0.05) is 47.4 Å². The molecule has 2 aromatic carbocycles. The smallest absolute Gasteiger partial charge is 0.416 e. The Balaban J connectivity index is 1.72. The Labute approximate surface area is 214 Å². The SMILES string of the molecule is CCc1cc(OCC=C(Cl)Cl)cc(C)c1OCCCCCON=C(C)c1ccc(C(F)(F)F)cc1. The van der Waals surface area contributed by atoms with Crippen LogP contribution in [-0.2, 0) is 17.4 Å². The molecule has 0 unspecified atom stereocenters. The van der Waals surface area contributed by atoms with E-state index in [0.29, 0.717) is 31.1 Å². The van der Waals surface area contributed by atoms with E-state index in [0.717, 1.165) is 60.4 Å². The Morgan fingerprint density at radius 2 is 1.69 bits per heavy atom. The molecule has 192 valence electrons. The lowest BCUT2D eigenvalue weighted by Crippen LogP contribution is -2.05. The molecule has 0 N–H and O–H groups in total. The van der Waals surface area contributed by atoms with Crippen LogP contribution in [0.4, 0.5) is 13.2 Å². The first kappa shape index (κ1) is 28.9. The van der Waals surface area contributed by atoms with Crippen molar-refractivity contribution in [1.29, 1.82) is 0 Å². The van der Waals surface area contributed by atoms with Gasteiger partial charge in [-0.3, -0.25) is 0 Å². The second-order valence-electron chi connectivity index (χ2n) is 7.88. The van der Waals surface area contributed by atoms with Crippen LogP contribution in [0.25, 0.3) is 0 Å². The highest BCUT2D eigenvalue weighted by atomic mass is 35.5. The van der Waals surface area contributed by atoms with Crippen molar-refractivity contribution < 1.29 is 27.5 Å². The zero-order chi connectivity index (χ0) is 25.8. The number of hydrogen-bond donors (Lipinski definition) is 0. The molecule has 0 amide bonds. The summed E-state index contributed by atoms with van der Waals surface area (Å²) in [7, 11) is 0. The van der Waals surface area contributed by atoms with Gasteiger partial charge < -0.3 is 14.3 Å². The van der Waals surface area contributed by atoms with Crippen molar-refractivity contribution >= 4 is 28.9 Å². The first-order valence-electron chi connectivity index (χ1n) is 11.4. The van der Waals surface area contributed by atoms with E-state index in [4.69, 9.17) is 37.5 Å². The third kappa shape index (κ3) is 10.0. The van der Waals surface area contributed by atoms with Crippen LogP contribution in [0.2, 0.25) is 0 Å². The van der Waals surface area contributed by atoms with E-state index in [1.54, 1.807) is 13.0 Å². The number of benzene rings is 2. The number of alkyl halides is 3. The van der Waals surface area contributed by atoms with Gasteiger partial charge in [0.25, 0.3) is 0 Å². The molecule has 0 spiro atoms. The quantitative estimate of drug-likeness (QED) is 0.148. The average molecular weight is 532 g/mol. The maximum atomic E-state index is 12.7. The van der Waals surface area contributed by atoms with Gasteiger partial charge in [-0.05, 0) is 86.6 Å². The Hall–Kier alpha value is -2.38. The highest BCUT2D eigenvalue weighted by Gasteiger charge is 2.30. The van der Waals surface area contributed by atoms with Gasteiger partial charge in [0.2, 0.25) is 0 Å². The Bertz CT molecular complexity index is 1000. The first-order valence-corrected chi connectivity index (χ1v) is 12.1. The molecule has 9 heteroatoms. The second-order valence-corrected chi connectivity index (χ2v) is 8.89. The molecule has 0 radical (unpaired) electrons. The van der Waals surface area contributed by atoms with E-state index in [1.165, 1.54) is 12.1 Å². The number of ether oxygens (including phenoxy) is 2. The highest BCUT2D eigenvalue weighted by molar-refractivity contribution is 6.55. The molecule has 2 rings (SSSR count). The van der Waals surface area contributed by atoms with Gasteiger partial charge in [0, 0.05) is 0 Å². The zero-order valence-electron chi connectivity index (χ0n) is 20.1.